The molecular weight excluding hydrogens is 538 g/mol. The summed E-state index contributed by atoms with van der Waals surface area (Å²) in [6, 6.07) is 20.1. The van der Waals surface area contributed by atoms with Crippen LogP contribution in [-0.2, 0) is 26.2 Å². The van der Waals surface area contributed by atoms with Crippen LogP contribution in [0.2, 0.25) is 0 Å². The predicted octanol–water partition coefficient (Wildman–Crippen LogP) is 4.98. The van der Waals surface area contributed by atoms with Gasteiger partial charge in [-0.15, -0.1) is 0 Å². The second-order valence-electron chi connectivity index (χ2n) is 10.7. The molecule has 3 aromatic rings. The molecule has 218 valence electrons. The van der Waals surface area contributed by atoms with Crippen molar-refractivity contribution in [1.82, 2.24) is 10.2 Å². The molecule has 0 aliphatic heterocycles. The monoisotopic (exact) mass is 577 g/mol. The van der Waals surface area contributed by atoms with Gasteiger partial charge in [0, 0.05) is 12.6 Å². The van der Waals surface area contributed by atoms with Gasteiger partial charge in [-0.1, -0.05) is 54.8 Å². The summed E-state index contributed by atoms with van der Waals surface area (Å²) >= 11 is 0. The molecule has 0 bridgehead atoms. The van der Waals surface area contributed by atoms with Crippen LogP contribution in [0.4, 0.5) is 5.69 Å². The van der Waals surface area contributed by atoms with Crippen LogP contribution in [0.5, 0.6) is 5.75 Å². The Bertz CT molecular complexity index is 1470. The smallest absolute Gasteiger partial charge is 0.264 e. The van der Waals surface area contributed by atoms with Crippen molar-refractivity contribution in [1.29, 1.82) is 0 Å². The van der Waals surface area contributed by atoms with Gasteiger partial charge in [-0.3, -0.25) is 13.9 Å². The Kier molecular flexibility index (Phi) is 9.70. The van der Waals surface area contributed by atoms with E-state index >= 15 is 0 Å². The van der Waals surface area contributed by atoms with E-state index in [1.54, 1.807) is 62.6 Å². The maximum Gasteiger partial charge on any atom is 0.264 e. The van der Waals surface area contributed by atoms with Crippen molar-refractivity contribution >= 4 is 27.5 Å². The Morgan fingerprint density at radius 3 is 2.29 bits per heavy atom. The minimum atomic E-state index is -4.10. The third kappa shape index (κ3) is 7.47. The Morgan fingerprint density at radius 1 is 0.951 bits per heavy atom. The molecule has 1 aliphatic rings. The number of carbonyl (C=O) groups excluding carboxylic acids is 2. The third-order valence-electron chi connectivity index (χ3n) is 7.53. The minimum absolute atomic E-state index is 0.0868. The molecule has 9 heteroatoms. The molecule has 1 fully saturated rings. The molecule has 0 saturated heterocycles. The molecular formula is C32H39N3O5S. The van der Waals surface area contributed by atoms with Gasteiger partial charge in [0.2, 0.25) is 11.8 Å². The first-order chi connectivity index (χ1) is 19.6. The number of amides is 2. The van der Waals surface area contributed by atoms with E-state index in [2.05, 4.69) is 5.32 Å². The van der Waals surface area contributed by atoms with Gasteiger partial charge < -0.3 is 15.0 Å². The van der Waals surface area contributed by atoms with Crippen molar-refractivity contribution in [3.05, 3.63) is 89.5 Å². The van der Waals surface area contributed by atoms with Crippen LogP contribution in [0.25, 0.3) is 0 Å². The van der Waals surface area contributed by atoms with Gasteiger partial charge in [0.1, 0.15) is 18.3 Å². The first-order valence-electron chi connectivity index (χ1n) is 14.0. The maximum atomic E-state index is 14.1. The Labute approximate surface area is 243 Å². The summed E-state index contributed by atoms with van der Waals surface area (Å²) < 4.78 is 34.4. The van der Waals surface area contributed by atoms with Crippen molar-refractivity contribution in [3.63, 3.8) is 0 Å². The normalized spacial score (nSPS) is 14.3. The van der Waals surface area contributed by atoms with Crippen LogP contribution in [0.3, 0.4) is 0 Å². The number of sulfonamides is 1. The summed E-state index contributed by atoms with van der Waals surface area (Å²) in [5.74, 6) is -0.114. The van der Waals surface area contributed by atoms with Crippen LogP contribution in [-0.4, -0.2) is 50.9 Å². The van der Waals surface area contributed by atoms with Crippen LogP contribution in [0.1, 0.15) is 49.3 Å². The lowest BCUT2D eigenvalue weighted by Gasteiger charge is -2.32. The summed E-state index contributed by atoms with van der Waals surface area (Å²) in [6.45, 7) is 5.08. The second kappa shape index (κ2) is 13.2. The quantitative estimate of drug-likeness (QED) is 0.347. The highest BCUT2D eigenvalue weighted by atomic mass is 32.2. The number of aryl methyl sites for hydroxylation is 2. The van der Waals surface area contributed by atoms with Crippen molar-refractivity contribution < 1.29 is 22.7 Å². The Hall–Kier alpha value is -3.85. The minimum Gasteiger partial charge on any atom is -0.497 e. The van der Waals surface area contributed by atoms with Crippen LogP contribution in [0.15, 0.2) is 77.7 Å². The van der Waals surface area contributed by atoms with Crippen molar-refractivity contribution in [3.8, 4) is 5.75 Å². The molecule has 1 N–H and O–H groups in total. The van der Waals surface area contributed by atoms with Crippen LogP contribution < -0.4 is 14.4 Å². The number of ether oxygens (including phenoxy) is 1. The predicted molar refractivity (Wildman–Crippen MR) is 160 cm³/mol. The number of carbonyl (C=O) groups is 2. The van der Waals surface area contributed by atoms with E-state index in [0.29, 0.717) is 11.4 Å². The molecule has 0 radical (unpaired) electrons. The fourth-order valence-electron chi connectivity index (χ4n) is 5.09. The molecule has 0 heterocycles. The average Bonchev–Trinajstić information content (AvgIpc) is 3.47. The first-order valence-corrected chi connectivity index (χ1v) is 15.4. The number of benzene rings is 3. The first kappa shape index (κ1) is 30.1. The zero-order valence-corrected chi connectivity index (χ0v) is 25.0. The van der Waals surface area contributed by atoms with E-state index in [9.17, 15) is 18.0 Å². The van der Waals surface area contributed by atoms with Gasteiger partial charge in [0.25, 0.3) is 10.0 Å². The molecule has 1 aliphatic carbocycles. The fourth-order valence-corrected chi connectivity index (χ4v) is 6.50. The molecule has 1 atom stereocenters. The van der Waals surface area contributed by atoms with E-state index in [1.807, 2.05) is 38.1 Å². The number of hydrogen-bond acceptors (Lipinski definition) is 5. The molecule has 4 rings (SSSR count). The highest BCUT2D eigenvalue weighted by Crippen LogP contribution is 2.26. The van der Waals surface area contributed by atoms with Gasteiger partial charge in [0.15, 0.2) is 0 Å². The summed E-state index contributed by atoms with van der Waals surface area (Å²) in [5.41, 5.74) is 2.93. The standard InChI is InChI=1S/C32H39N3O5S/c1-23-15-17-30(18-16-23)41(38,39)35(28-13-7-9-24(2)19-28)22-31(36)34(21-26-10-8-14-29(20-26)40-4)25(3)32(37)33-27-11-5-6-12-27/h7-10,13-20,25,27H,5-6,11-12,21-22H2,1-4H3,(H,33,37)/t25-/m1/s1. The topological polar surface area (TPSA) is 96.0 Å². The highest BCUT2D eigenvalue weighted by molar-refractivity contribution is 7.92. The third-order valence-corrected chi connectivity index (χ3v) is 9.32. The van der Waals surface area contributed by atoms with Crippen molar-refractivity contribution in [2.24, 2.45) is 0 Å². The zero-order chi connectivity index (χ0) is 29.6. The zero-order valence-electron chi connectivity index (χ0n) is 24.2. The van der Waals surface area contributed by atoms with Crippen LogP contribution >= 0.6 is 0 Å². The molecule has 0 spiro atoms. The lowest BCUT2D eigenvalue weighted by molar-refractivity contribution is -0.139. The molecule has 3 aromatic carbocycles. The number of hydrogen-bond donors (Lipinski definition) is 1. The van der Waals surface area contributed by atoms with E-state index in [4.69, 9.17) is 4.74 Å². The number of rotatable bonds is 11. The second-order valence-corrected chi connectivity index (χ2v) is 12.6. The summed E-state index contributed by atoms with van der Waals surface area (Å²) in [5, 5.41) is 3.09. The number of methoxy groups -OCH3 is 1. The fraction of sp³-hybridized carbons (Fsp3) is 0.375. The molecule has 2 amide bonds. The van der Waals surface area contributed by atoms with E-state index in [-0.39, 0.29) is 23.4 Å². The van der Waals surface area contributed by atoms with Crippen LogP contribution in [0, 0.1) is 13.8 Å². The maximum absolute atomic E-state index is 14.1. The lowest BCUT2D eigenvalue weighted by atomic mass is 10.1. The summed E-state index contributed by atoms with van der Waals surface area (Å²) in [6.07, 6.45) is 3.96. The van der Waals surface area contributed by atoms with Crippen molar-refractivity contribution in [2.45, 2.75) is 70.0 Å². The molecule has 0 unspecified atom stereocenters. The summed E-state index contributed by atoms with van der Waals surface area (Å²) in [7, 11) is -2.53. The van der Waals surface area contributed by atoms with Gasteiger partial charge in [0.05, 0.1) is 17.7 Å². The number of anilines is 1. The van der Waals surface area contributed by atoms with Gasteiger partial charge in [-0.25, -0.2) is 8.42 Å². The molecule has 41 heavy (non-hydrogen) atoms. The SMILES string of the molecule is COc1cccc(CN(C(=O)CN(c2cccc(C)c2)S(=O)(=O)c2ccc(C)cc2)[C@H](C)C(=O)NC2CCCC2)c1. The van der Waals surface area contributed by atoms with E-state index < -0.39 is 28.5 Å². The van der Waals surface area contributed by atoms with Gasteiger partial charge in [-0.2, -0.15) is 0 Å². The molecule has 0 aromatic heterocycles. The Morgan fingerprint density at radius 2 is 1.63 bits per heavy atom. The molecule has 1 saturated carbocycles. The van der Waals surface area contributed by atoms with E-state index in [0.717, 1.165) is 46.7 Å². The molecule has 8 nitrogen and oxygen atoms in total. The van der Waals surface area contributed by atoms with E-state index in [1.165, 1.54) is 4.90 Å². The number of nitrogens with zero attached hydrogens (tertiary/aromatic N) is 2. The average molecular weight is 578 g/mol. The number of nitrogens with one attached hydrogen (secondary N) is 1. The van der Waals surface area contributed by atoms with Gasteiger partial charge >= 0.3 is 0 Å². The summed E-state index contributed by atoms with van der Waals surface area (Å²) in [4.78, 5) is 29.0. The Balaban J connectivity index is 1.69. The largest absolute Gasteiger partial charge is 0.497 e. The van der Waals surface area contributed by atoms with Gasteiger partial charge in [-0.05, 0) is 81.1 Å². The van der Waals surface area contributed by atoms with Crippen molar-refractivity contribution in [2.75, 3.05) is 18.0 Å². The lowest BCUT2D eigenvalue weighted by Crippen LogP contribution is -2.52. The highest BCUT2D eigenvalue weighted by Gasteiger charge is 2.33.